The summed E-state index contributed by atoms with van der Waals surface area (Å²) in [4.78, 5) is 2.41. The lowest BCUT2D eigenvalue weighted by Gasteiger charge is -2.15. The summed E-state index contributed by atoms with van der Waals surface area (Å²) in [5.74, 6) is 5.61. The first kappa shape index (κ1) is 12.9. The van der Waals surface area contributed by atoms with Crippen molar-refractivity contribution in [1.29, 1.82) is 0 Å². The molecule has 0 aliphatic rings. The Labute approximate surface area is 114 Å². The van der Waals surface area contributed by atoms with Crippen LogP contribution in [0.1, 0.15) is 21.4 Å². The van der Waals surface area contributed by atoms with Crippen LogP contribution in [0.25, 0.3) is 0 Å². The van der Waals surface area contributed by atoms with E-state index < -0.39 is 0 Å². The van der Waals surface area contributed by atoms with Gasteiger partial charge in [-0.3, -0.25) is 5.84 Å². The summed E-state index contributed by atoms with van der Waals surface area (Å²) >= 11 is 13.6. The van der Waals surface area contributed by atoms with Crippen LogP contribution in [0.3, 0.4) is 0 Å². The molecule has 1 aromatic heterocycles. The van der Waals surface area contributed by atoms with E-state index in [0.717, 1.165) is 10.4 Å². The van der Waals surface area contributed by atoms with Gasteiger partial charge in [0.2, 0.25) is 0 Å². The van der Waals surface area contributed by atoms with Crippen molar-refractivity contribution >= 4 is 34.5 Å². The van der Waals surface area contributed by atoms with E-state index in [-0.39, 0.29) is 6.04 Å². The molecular formula is C12H12Cl2N2S. The highest BCUT2D eigenvalue weighted by molar-refractivity contribution is 7.12. The molecule has 2 rings (SSSR count). The fraction of sp³-hybridized carbons (Fsp3) is 0.167. The van der Waals surface area contributed by atoms with Gasteiger partial charge in [0, 0.05) is 9.75 Å². The normalized spacial score (nSPS) is 12.7. The van der Waals surface area contributed by atoms with Crippen molar-refractivity contribution in [2.75, 3.05) is 0 Å². The van der Waals surface area contributed by atoms with E-state index in [0.29, 0.717) is 10.0 Å². The SMILES string of the molecule is Cc1ccc(C(NN)c2ccc(Cl)c(Cl)c2)s1. The third-order valence-electron chi connectivity index (χ3n) is 2.49. The van der Waals surface area contributed by atoms with E-state index in [2.05, 4.69) is 24.5 Å². The Morgan fingerprint density at radius 1 is 1.18 bits per heavy atom. The van der Waals surface area contributed by atoms with Gasteiger partial charge in [-0.2, -0.15) is 0 Å². The first-order valence-electron chi connectivity index (χ1n) is 5.09. The molecule has 90 valence electrons. The quantitative estimate of drug-likeness (QED) is 0.663. The van der Waals surface area contributed by atoms with Gasteiger partial charge in [0.25, 0.3) is 0 Å². The van der Waals surface area contributed by atoms with Gasteiger partial charge in [0.05, 0.1) is 16.1 Å². The molecule has 3 N–H and O–H groups in total. The van der Waals surface area contributed by atoms with Gasteiger partial charge in [-0.15, -0.1) is 11.3 Å². The van der Waals surface area contributed by atoms with Gasteiger partial charge < -0.3 is 0 Å². The lowest BCUT2D eigenvalue weighted by molar-refractivity contribution is 0.646. The summed E-state index contributed by atoms with van der Waals surface area (Å²) in [6.07, 6.45) is 0. The first-order valence-corrected chi connectivity index (χ1v) is 6.66. The van der Waals surface area contributed by atoms with Gasteiger partial charge in [0.15, 0.2) is 0 Å². The molecule has 1 aromatic carbocycles. The minimum absolute atomic E-state index is 0.0523. The van der Waals surface area contributed by atoms with E-state index in [1.54, 1.807) is 17.4 Å². The van der Waals surface area contributed by atoms with Crippen molar-refractivity contribution in [2.24, 2.45) is 5.84 Å². The number of hydrazine groups is 1. The number of nitrogens with two attached hydrogens (primary N) is 1. The average molecular weight is 287 g/mol. The number of thiophene rings is 1. The molecule has 0 spiro atoms. The molecule has 0 saturated heterocycles. The van der Waals surface area contributed by atoms with Crippen LogP contribution in [0.15, 0.2) is 30.3 Å². The summed E-state index contributed by atoms with van der Waals surface area (Å²) in [5.41, 5.74) is 3.81. The van der Waals surface area contributed by atoms with Crippen molar-refractivity contribution in [2.45, 2.75) is 13.0 Å². The maximum absolute atomic E-state index is 6.01. The zero-order valence-corrected chi connectivity index (χ0v) is 11.5. The van der Waals surface area contributed by atoms with E-state index in [1.807, 2.05) is 12.1 Å². The Bertz CT molecular complexity index is 525. The molecule has 0 fully saturated rings. The summed E-state index contributed by atoms with van der Waals surface area (Å²) in [6, 6.07) is 9.62. The number of benzene rings is 1. The molecule has 2 nitrogen and oxygen atoms in total. The van der Waals surface area contributed by atoms with E-state index >= 15 is 0 Å². The Balaban J connectivity index is 2.38. The number of hydrogen-bond donors (Lipinski definition) is 2. The predicted octanol–water partition coefficient (Wildman–Crippen LogP) is 3.92. The van der Waals surface area contributed by atoms with Crippen LogP contribution in [0.5, 0.6) is 0 Å². The molecule has 0 radical (unpaired) electrons. The summed E-state index contributed by atoms with van der Waals surface area (Å²) in [6.45, 7) is 2.07. The molecule has 0 amide bonds. The number of rotatable bonds is 3. The Kier molecular flexibility index (Phi) is 4.07. The third kappa shape index (κ3) is 2.81. The van der Waals surface area contributed by atoms with Crippen molar-refractivity contribution in [3.8, 4) is 0 Å². The molecule has 0 bridgehead atoms. The van der Waals surface area contributed by atoms with Gasteiger partial charge in [-0.25, -0.2) is 5.43 Å². The van der Waals surface area contributed by atoms with Crippen LogP contribution in [0, 0.1) is 6.92 Å². The van der Waals surface area contributed by atoms with Crippen molar-refractivity contribution in [1.82, 2.24) is 5.43 Å². The molecule has 2 aromatic rings. The Morgan fingerprint density at radius 3 is 2.47 bits per heavy atom. The average Bonchev–Trinajstić information content (AvgIpc) is 2.71. The number of hydrogen-bond acceptors (Lipinski definition) is 3. The van der Waals surface area contributed by atoms with E-state index in [9.17, 15) is 0 Å². The Hall–Kier alpha value is -0.580. The summed E-state index contributed by atoms with van der Waals surface area (Å²) < 4.78 is 0. The number of aryl methyl sites for hydroxylation is 1. The fourth-order valence-corrected chi connectivity index (χ4v) is 2.92. The molecule has 17 heavy (non-hydrogen) atoms. The molecule has 0 aliphatic heterocycles. The van der Waals surface area contributed by atoms with Crippen LogP contribution < -0.4 is 11.3 Å². The zero-order valence-electron chi connectivity index (χ0n) is 9.21. The lowest BCUT2D eigenvalue weighted by Crippen LogP contribution is -2.28. The van der Waals surface area contributed by atoms with Crippen LogP contribution in [-0.4, -0.2) is 0 Å². The van der Waals surface area contributed by atoms with Crippen LogP contribution in [0.4, 0.5) is 0 Å². The largest absolute Gasteiger partial charge is 0.271 e. The minimum Gasteiger partial charge on any atom is -0.271 e. The van der Waals surface area contributed by atoms with Gasteiger partial charge in [0.1, 0.15) is 0 Å². The monoisotopic (exact) mass is 286 g/mol. The first-order chi connectivity index (χ1) is 8.11. The lowest BCUT2D eigenvalue weighted by atomic mass is 10.1. The molecule has 0 saturated carbocycles. The van der Waals surface area contributed by atoms with Crippen LogP contribution >= 0.6 is 34.5 Å². The Morgan fingerprint density at radius 2 is 1.94 bits per heavy atom. The van der Waals surface area contributed by atoms with Crippen molar-refractivity contribution in [3.63, 3.8) is 0 Å². The van der Waals surface area contributed by atoms with Gasteiger partial charge >= 0.3 is 0 Å². The van der Waals surface area contributed by atoms with Crippen LogP contribution in [-0.2, 0) is 0 Å². The van der Waals surface area contributed by atoms with Gasteiger partial charge in [-0.1, -0.05) is 29.3 Å². The second kappa shape index (κ2) is 5.38. The zero-order chi connectivity index (χ0) is 12.4. The maximum Gasteiger partial charge on any atom is 0.0803 e. The number of halogens is 2. The van der Waals surface area contributed by atoms with Crippen LogP contribution in [0.2, 0.25) is 10.0 Å². The van der Waals surface area contributed by atoms with Crippen molar-refractivity contribution in [3.05, 3.63) is 55.7 Å². The van der Waals surface area contributed by atoms with E-state index in [1.165, 1.54) is 4.88 Å². The highest BCUT2D eigenvalue weighted by Gasteiger charge is 2.15. The van der Waals surface area contributed by atoms with Gasteiger partial charge in [-0.05, 0) is 36.8 Å². The van der Waals surface area contributed by atoms with E-state index in [4.69, 9.17) is 29.0 Å². The predicted molar refractivity (Wildman–Crippen MR) is 74.7 cm³/mol. The standard InChI is InChI=1S/C12H12Cl2N2S/c1-7-2-5-11(17-7)12(16-15)8-3-4-9(13)10(14)6-8/h2-6,12,16H,15H2,1H3. The second-order valence-corrected chi connectivity index (χ2v) is 5.86. The molecule has 1 unspecified atom stereocenters. The maximum atomic E-state index is 6.01. The highest BCUT2D eigenvalue weighted by atomic mass is 35.5. The highest BCUT2D eigenvalue weighted by Crippen LogP contribution is 2.31. The summed E-state index contributed by atoms with van der Waals surface area (Å²) in [7, 11) is 0. The second-order valence-electron chi connectivity index (χ2n) is 3.72. The fourth-order valence-electron chi connectivity index (χ4n) is 1.64. The summed E-state index contributed by atoms with van der Waals surface area (Å²) in [5, 5.41) is 1.09. The smallest absolute Gasteiger partial charge is 0.0803 e. The molecular weight excluding hydrogens is 275 g/mol. The molecule has 0 aliphatic carbocycles. The van der Waals surface area contributed by atoms with Crippen molar-refractivity contribution < 1.29 is 0 Å². The number of nitrogens with one attached hydrogen (secondary N) is 1. The minimum atomic E-state index is -0.0523. The molecule has 1 atom stereocenters. The third-order valence-corrected chi connectivity index (χ3v) is 4.29. The molecule has 5 heteroatoms. The topological polar surface area (TPSA) is 38.0 Å². The molecule has 1 heterocycles.